The van der Waals surface area contributed by atoms with Crippen molar-refractivity contribution in [2.75, 3.05) is 13.7 Å². The predicted octanol–water partition coefficient (Wildman–Crippen LogP) is 2.38. The van der Waals surface area contributed by atoms with Crippen LogP contribution in [0.2, 0.25) is 0 Å². The maximum absolute atomic E-state index is 11.0. The average Bonchev–Trinajstić information content (AvgIpc) is 2.38. The third-order valence-electron chi connectivity index (χ3n) is 3.18. The lowest BCUT2D eigenvalue weighted by molar-refractivity contribution is -0.121. The van der Waals surface area contributed by atoms with Crippen LogP contribution in [0, 0.1) is 0 Å². The Kier molecular flexibility index (Phi) is 3.44. The lowest BCUT2D eigenvalue weighted by Gasteiger charge is -2.33. The molecular weight excluding hydrogens is 202 g/mol. The molecule has 2 rings (SSSR count). The quantitative estimate of drug-likeness (QED) is 0.730. The molecule has 1 aliphatic heterocycles. The molecule has 86 valence electrons. The first-order valence-electron chi connectivity index (χ1n) is 5.70. The molecule has 0 radical (unpaired) electrons. The van der Waals surface area contributed by atoms with Crippen LogP contribution in [0.5, 0.6) is 5.75 Å². The van der Waals surface area contributed by atoms with E-state index in [9.17, 15) is 4.79 Å². The molecule has 1 amide bonds. The van der Waals surface area contributed by atoms with E-state index in [0.29, 0.717) is 0 Å². The fourth-order valence-electron chi connectivity index (χ4n) is 2.36. The highest BCUT2D eigenvalue weighted by Gasteiger charge is 2.24. The third-order valence-corrected chi connectivity index (χ3v) is 3.18. The van der Waals surface area contributed by atoms with E-state index in [1.54, 1.807) is 7.11 Å². The van der Waals surface area contributed by atoms with Crippen molar-refractivity contribution in [3.8, 4) is 5.75 Å². The Morgan fingerprint density at radius 2 is 2.19 bits per heavy atom. The molecule has 1 aromatic rings. The second-order valence-corrected chi connectivity index (χ2v) is 4.10. The molecule has 1 heterocycles. The summed E-state index contributed by atoms with van der Waals surface area (Å²) in [6.45, 7) is 0.853. The van der Waals surface area contributed by atoms with Gasteiger partial charge in [0, 0.05) is 12.1 Å². The molecule has 0 spiro atoms. The molecule has 1 saturated heterocycles. The average molecular weight is 219 g/mol. The van der Waals surface area contributed by atoms with Crippen molar-refractivity contribution < 1.29 is 9.53 Å². The van der Waals surface area contributed by atoms with Gasteiger partial charge in [0.2, 0.25) is 6.41 Å². The van der Waals surface area contributed by atoms with E-state index in [1.807, 2.05) is 29.2 Å². The molecular formula is C13H17NO2. The maximum Gasteiger partial charge on any atom is 0.210 e. The van der Waals surface area contributed by atoms with Gasteiger partial charge in [0.05, 0.1) is 13.2 Å². The third kappa shape index (κ3) is 2.03. The van der Waals surface area contributed by atoms with Crippen LogP contribution in [-0.2, 0) is 4.79 Å². The van der Waals surface area contributed by atoms with E-state index in [4.69, 9.17) is 4.74 Å². The number of hydrogen-bond acceptors (Lipinski definition) is 2. The zero-order valence-corrected chi connectivity index (χ0v) is 9.56. The first-order chi connectivity index (χ1) is 7.86. The van der Waals surface area contributed by atoms with Gasteiger partial charge in [0.15, 0.2) is 0 Å². The number of ether oxygens (including phenoxy) is 1. The highest BCUT2D eigenvalue weighted by Crippen LogP contribution is 2.34. The lowest BCUT2D eigenvalue weighted by atomic mass is 9.95. The largest absolute Gasteiger partial charge is 0.496 e. The van der Waals surface area contributed by atoms with E-state index in [1.165, 1.54) is 6.42 Å². The van der Waals surface area contributed by atoms with Crippen molar-refractivity contribution in [1.29, 1.82) is 0 Å². The zero-order chi connectivity index (χ0) is 11.4. The van der Waals surface area contributed by atoms with E-state index in [-0.39, 0.29) is 6.04 Å². The Bertz CT molecular complexity index is 365. The summed E-state index contributed by atoms with van der Waals surface area (Å²) in [7, 11) is 1.67. The van der Waals surface area contributed by atoms with Gasteiger partial charge >= 0.3 is 0 Å². The molecule has 0 bridgehead atoms. The van der Waals surface area contributed by atoms with E-state index < -0.39 is 0 Å². The molecule has 1 unspecified atom stereocenters. The van der Waals surface area contributed by atoms with Crippen LogP contribution in [-0.4, -0.2) is 25.0 Å². The SMILES string of the molecule is COc1ccccc1C1CCCCN1C=O. The van der Waals surface area contributed by atoms with E-state index >= 15 is 0 Å². The number of nitrogens with zero attached hydrogens (tertiary/aromatic N) is 1. The van der Waals surface area contributed by atoms with Crippen LogP contribution in [0.15, 0.2) is 24.3 Å². The molecule has 0 aromatic heterocycles. The molecule has 1 atom stereocenters. The van der Waals surface area contributed by atoms with Crippen LogP contribution in [0.4, 0.5) is 0 Å². The van der Waals surface area contributed by atoms with Crippen molar-refractivity contribution in [2.24, 2.45) is 0 Å². The fraction of sp³-hybridized carbons (Fsp3) is 0.462. The molecule has 1 aromatic carbocycles. The molecule has 3 heteroatoms. The van der Waals surface area contributed by atoms with Gasteiger partial charge in [-0.3, -0.25) is 4.79 Å². The van der Waals surface area contributed by atoms with Gasteiger partial charge < -0.3 is 9.64 Å². The minimum absolute atomic E-state index is 0.183. The Balaban J connectivity index is 2.30. The van der Waals surface area contributed by atoms with Crippen molar-refractivity contribution in [2.45, 2.75) is 25.3 Å². The van der Waals surface area contributed by atoms with Gasteiger partial charge in [-0.2, -0.15) is 0 Å². The van der Waals surface area contributed by atoms with Gasteiger partial charge in [-0.05, 0) is 25.3 Å². The summed E-state index contributed by atoms with van der Waals surface area (Å²) in [5, 5.41) is 0. The minimum Gasteiger partial charge on any atom is -0.496 e. The first-order valence-corrected chi connectivity index (χ1v) is 5.70. The minimum atomic E-state index is 0.183. The molecule has 3 nitrogen and oxygen atoms in total. The number of hydrogen-bond donors (Lipinski definition) is 0. The van der Waals surface area contributed by atoms with Crippen molar-refractivity contribution >= 4 is 6.41 Å². The van der Waals surface area contributed by atoms with Gasteiger partial charge in [0.25, 0.3) is 0 Å². The predicted molar refractivity (Wildman–Crippen MR) is 62.4 cm³/mol. The number of carbonyl (C=O) groups excluding carboxylic acids is 1. The van der Waals surface area contributed by atoms with Crippen LogP contribution in [0.1, 0.15) is 30.9 Å². The number of likely N-dealkylation sites (tertiary alicyclic amines) is 1. The van der Waals surface area contributed by atoms with E-state index in [0.717, 1.165) is 37.1 Å². The smallest absolute Gasteiger partial charge is 0.210 e. The van der Waals surface area contributed by atoms with Crippen LogP contribution in [0.3, 0.4) is 0 Å². The van der Waals surface area contributed by atoms with Crippen LogP contribution >= 0.6 is 0 Å². The number of rotatable bonds is 3. The maximum atomic E-state index is 11.0. The number of methoxy groups -OCH3 is 1. The van der Waals surface area contributed by atoms with E-state index in [2.05, 4.69) is 0 Å². The van der Waals surface area contributed by atoms with Gasteiger partial charge in [0.1, 0.15) is 5.75 Å². The molecule has 1 aliphatic rings. The summed E-state index contributed by atoms with van der Waals surface area (Å²) < 4.78 is 5.35. The first kappa shape index (κ1) is 11.0. The highest BCUT2D eigenvalue weighted by molar-refractivity contribution is 5.50. The monoisotopic (exact) mass is 219 g/mol. The van der Waals surface area contributed by atoms with Crippen molar-refractivity contribution in [1.82, 2.24) is 4.90 Å². The topological polar surface area (TPSA) is 29.5 Å². The summed E-state index contributed by atoms with van der Waals surface area (Å²) in [6.07, 6.45) is 4.26. The molecule has 0 aliphatic carbocycles. The Morgan fingerprint density at radius 1 is 1.38 bits per heavy atom. The molecule has 0 saturated carbocycles. The lowest BCUT2D eigenvalue weighted by Crippen LogP contribution is -2.32. The Hall–Kier alpha value is -1.51. The Labute approximate surface area is 96.0 Å². The number of amides is 1. The highest BCUT2D eigenvalue weighted by atomic mass is 16.5. The standard InChI is InChI=1S/C13H17NO2/c1-16-13-8-3-2-6-11(13)12-7-4-5-9-14(12)10-15/h2-3,6,8,10,12H,4-5,7,9H2,1H3. The van der Waals surface area contributed by atoms with Crippen molar-refractivity contribution in [3.05, 3.63) is 29.8 Å². The zero-order valence-electron chi connectivity index (χ0n) is 9.56. The summed E-state index contributed by atoms with van der Waals surface area (Å²) >= 11 is 0. The summed E-state index contributed by atoms with van der Waals surface area (Å²) in [4.78, 5) is 12.9. The normalized spacial score (nSPS) is 20.6. The summed E-state index contributed by atoms with van der Waals surface area (Å²) in [6, 6.07) is 8.13. The van der Waals surface area contributed by atoms with Crippen molar-refractivity contribution in [3.63, 3.8) is 0 Å². The molecule has 1 fully saturated rings. The van der Waals surface area contributed by atoms with Gasteiger partial charge in [-0.15, -0.1) is 0 Å². The van der Waals surface area contributed by atoms with Crippen LogP contribution in [0.25, 0.3) is 0 Å². The number of benzene rings is 1. The van der Waals surface area contributed by atoms with Crippen LogP contribution < -0.4 is 4.74 Å². The second-order valence-electron chi connectivity index (χ2n) is 4.10. The van der Waals surface area contributed by atoms with Gasteiger partial charge in [-0.1, -0.05) is 18.2 Å². The molecule has 16 heavy (non-hydrogen) atoms. The number of piperidine rings is 1. The summed E-state index contributed by atoms with van der Waals surface area (Å²) in [5.41, 5.74) is 1.12. The number of para-hydroxylation sites is 1. The number of carbonyl (C=O) groups is 1. The fourth-order valence-corrected chi connectivity index (χ4v) is 2.36. The summed E-state index contributed by atoms with van der Waals surface area (Å²) in [5.74, 6) is 0.876. The Morgan fingerprint density at radius 3 is 2.94 bits per heavy atom. The van der Waals surface area contributed by atoms with Gasteiger partial charge in [-0.25, -0.2) is 0 Å². The second kappa shape index (κ2) is 5.01. The molecule has 0 N–H and O–H groups in total.